The molecule has 0 N–H and O–H groups in total. The molecule has 0 fully saturated rings. The zero-order chi connectivity index (χ0) is 12.6. The van der Waals surface area contributed by atoms with Crippen molar-refractivity contribution in [2.75, 3.05) is 33.1 Å². The van der Waals surface area contributed by atoms with Gasteiger partial charge in [0.2, 0.25) is 0 Å². The first-order valence-corrected chi connectivity index (χ1v) is 5.78. The number of rotatable bonds is 2. The van der Waals surface area contributed by atoms with E-state index in [1.54, 1.807) is 0 Å². The molecule has 0 saturated heterocycles. The van der Waals surface area contributed by atoms with E-state index in [4.69, 9.17) is 0 Å². The van der Waals surface area contributed by atoms with Gasteiger partial charge in [-0.15, -0.1) is 0 Å². The van der Waals surface area contributed by atoms with Gasteiger partial charge in [-0.05, 0) is 32.9 Å². The summed E-state index contributed by atoms with van der Waals surface area (Å²) < 4.78 is 0.890. The summed E-state index contributed by atoms with van der Waals surface area (Å²) in [7, 11) is 8.65. The summed E-state index contributed by atoms with van der Waals surface area (Å²) in [5, 5.41) is 0. The van der Waals surface area contributed by atoms with E-state index in [1.165, 1.54) is 11.4 Å². The van der Waals surface area contributed by atoms with Crippen LogP contribution in [0.3, 0.4) is 0 Å². The first-order valence-electron chi connectivity index (χ1n) is 5.78. The van der Waals surface area contributed by atoms with Gasteiger partial charge in [0, 0.05) is 31.9 Å². The summed E-state index contributed by atoms with van der Waals surface area (Å²) >= 11 is 0. The monoisotopic (exact) mass is 221 g/mol. The standard InChI is InChI=1S/C14H25N2/c1-14(2,3)16(6,7)13-10-8-12(9-11-13)15(4)5/h8-11H,1-7H3/q+1. The van der Waals surface area contributed by atoms with Gasteiger partial charge in [-0.1, -0.05) is 0 Å². The zero-order valence-electron chi connectivity index (χ0n) is 11.7. The minimum atomic E-state index is 0.208. The molecule has 1 aromatic rings. The quantitative estimate of drug-likeness (QED) is 0.694. The second kappa shape index (κ2) is 4.10. The van der Waals surface area contributed by atoms with Crippen LogP contribution in [-0.4, -0.2) is 33.7 Å². The molecule has 0 unspecified atom stereocenters. The van der Waals surface area contributed by atoms with E-state index in [2.05, 4.69) is 78.1 Å². The topological polar surface area (TPSA) is 3.24 Å². The molecule has 0 bridgehead atoms. The molecule has 16 heavy (non-hydrogen) atoms. The van der Waals surface area contributed by atoms with E-state index < -0.39 is 0 Å². The van der Waals surface area contributed by atoms with Gasteiger partial charge in [-0.3, -0.25) is 4.48 Å². The molecule has 90 valence electrons. The van der Waals surface area contributed by atoms with Gasteiger partial charge in [-0.2, -0.15) is 0 Å². The van der Waals surface area contributed by atoms with Crippen LogP contribution in [-0.2, 0) is 0 Å². The van der Waals surface area contributed by atoms with Crippen molar-refractivity contribution in [3.63, 3.8) is 0 Å². The summed E-state index contributed by atoms with van der Waals surface area (Å²) in [5.41, 5.74) is 2.80. The van der Waals surface area contributed by atoms with Crippen LogP contribution >= 0.6 is 0 Å². The molecule has 0 aliphatic carbocycles. The molecular formula is C14H25N2+. The van der Waals surface area contributed by atoms with Crippen LogP contribution in [0, 0.1) is 0 Å². The lowest BCUT2D eigenvalue weighted by Gasteiger charge is -2.42. The fourth-order valence-corrected chi connectivity index (χ4v) is 1.51. The van der Waals surface area contributed by atoms with Crippen LogP contribution in [0.2, 0.25) is 0 Å². The molecule has 0 atom stereocenters. The third kappa shape index (κ3) is 2.38. The number of benzene rings is 1. The third-order valence-electron chi connectivity index (χ3n) is 3.69. The van der Waals surface area contributed by atoms with Crippen LogP contribution in [0.25, 0.3) is 0 Å². The van der Waals surface area contributed by atoms with Crippen molar-refractivity contribution in [1.29, 1.82) is 0 Å². The van der Waals surface area contributed by atoms with Crippen molar-refractivity contribution in [2.24, 2.45) is 0 Å². The molecule has 1 rings (SSSR count). The average Bonchev–Trinajstić information content (AvgIpc) is 2.16. The van der Waals surface area contributed by atoms with E-state index >= 15 is 0 Å². The Morgan fingerprint density at radius 3 is 1.69 bits per heavy atom. The number of nitrogens with zero attached hydrogens (tertiary/aromatic N) is 2. The SMILES string of the molecule is CN(C)c1ccc([N+](C)(C)C(C)(C)C)cc1. The van der Waals surface area contributed by atoms with Crippen molar-refractivity contribution in [2.45, 2.75) is 26.3 Å². The average molecular weight is 221 g/mol. The maximum absolute atomic E-state index is 2.27. The molecule has 1 aromatic carbocycles. The van der Waals surface area contributed by atoms with Crippen molar-refractivity contribution in [3.8, 4) is 0 Å². The highest BCUT2D eigenvalue weighted by atomic mass is 15.4. The second-order valence-corrected chi connectivity index (χ2v) is 6.04. The van der Waals surface area contributed by atoms with Gasteiger partial charge < -0.3 is 4.90 Å². The predicted octanol–water partition coefficient (Wildman–Crippen LogP) is 3.12. The Morgan fingerprint density at radius 1 is 0.938 bits per heavy atom. The maximum Gasteiger partial charge on any atom is 0.132 e. The molecule has 0 spiro atoms. The number of quaternary nitrogens is 1. The highest BCUT2D eigenvalue weighted by molar-refractivity contribution is 5.54. The lowest BCUT2D eigenvalue weighted by atomic mass is 10.0. The molecule has 2 heteroatoms. The molecule has 0 aliphatic rings. The predicted molar refractivity (Wildman–Crippen MR) is 74.2 cm³/mol. The normalized spacial score (nSPS) is 12.7. The van der Waals surface area contributed by atoms with E-state index in [9.17, 15) is 0 Å². The Labute approximate surface area is 100 Å². The minimum absolute atomic E-state index is 0.208. The van der Waals surface area contributed by atoms with Crippen LogP contribution in [0.4, 0.5) is 11.4 Å². The van der Waals surface area contributed by atoms with Crippen molar-refractivity contribution in [1.82, 2.24) is 4.48 Å². The lowest BCUT2D eigenvalue weighted by molar-refractivity contribution is 0.219. The van der Waals surface area contributed by atoms with Crippen LogP contribution in [0.5, 0.6) is 0 Å². The molecule has 0 amide bonds. The van der Waals surface area contributed by atoms with Crippen LogP contribution in [0.15, 0.2) is 24.3 Å². The Kier molecular flexibility index (Phi) is 3.34. The number of hydrogen-bond donors (Lipinski definition) is 0. The minimum Gasteiger partial charge on any atom is -0.378 e. The lowest BCUT2D eigenvalue weighted by Crippen LogP contribution is -2.55. The van der Waals surface area contributed by atoms with E-state index in [-0.39, 0.29) is 5.54 Å². The highest BCUT2D eigenvalue weighted by Crippen LogP contribution is 2.30. The van der Waals surface area contributed by atoms with Gasteiger partial charge >= 0.3 is 0 Å². The van der Waals surface area contributed by atoms with Crippen molar-refractivity contribution < 1.29 is 0 Å². The highest BCUT2D eigenvalue weighted by Gasteiger charge is 2.33. The molecule has 0 saturated carbocycles. The van der Waals surface area contributed by atoms with Crippen LogP contribution in [0.1, 0.15) is 20.8 Å². The summed E-state index contributed by atoms with van der Waals surface area (Å²) in [6.07, 6.45) is 0. The Hall–Kier alpha value is -1.02. The summed E-state index contributed by atoms with van der Waals surface area (Å²) in [6.45, 7) is 6.81. The zero-order valence-corrected chi connectivity index (χ0v) is 11.7. The molecule has 0 radical (unpaired) electrons. The van der Waals surface area contributed by atoms with Gasteiger partial charge in [-0.25, -0.2) is 0 Å². The largest absolute Gasteiger partial charge is 0.378 e. The Morgan fingerprint density at radius 2 is 1.38 bits per heavy atom. The van der Waals surface area contributed by atoms with Gasteiger partial charge in [0.15, 0.2) is 0 Å². The molecule has 0 aliphatic heterocycles. The Balaban J connectivity index is 3.07. The first kappa shape index (κ1) is 13.0. The third-order valence-corrected chi connectivity index (χ3v) is 3.69. The second-order valence-electron chi connectivity index (χ2n) is 6.04. The van der Waals surface area contributed by atoms with E-state index in [1.807, 2.05) is 0 Å². The number of anilines is 1. The Bertz CT molecular complexity index is 342. The number of hydrogen-bond acceptors (Lipinski definition) is 1. The molecule has 0 heterocycles. The molecule has 2 nitrogen and oxygen atoms in total. The summed E-state index contributed by atoms with van der Waals surface area (Å²) in [4.78, 5) is 2.13. The van der Waals surface area contributed by atoms with Gasteiger partial charge in [0.25, 0.3) is 0 Å². The van der Waals surface area contributed by atoms with E-state index in [0.29, 0.717) is 0 Å². The fraction of sp³-hybridized carbons (Fsp3) is 0.571. The van der Waals surface area contributed by atoms with Gasteiger partial charge in [0.05, 0.1) is 19.6 Å². The van der Waals surface area contributed by atoms with Crippen molar-refractivity contribution >= 4 is 11.4 Å². The van der Waals surface area contributed by atoms with Gasteiger partial charge in [0.1, 0.15) is 5.69 Å². The summed E-state index contributed by atoms with van der Waals surface area (Å²) in [5.74, 6) is 0. The van der Waals surface area contributed by atoms with E-state index in [0.717, 1.165) is 4.48 Å². The molecular weight excluding hydrogens is 196 g/mol. The molecule has 0 aromatic heterocycles. The van der Waals surface area contributed by atoms with Crippen molar-refractivity contribution in [3.05, 3.63) is 24.3 Å². The fourth-order valence-electron chi connectivity index (χ4n) is 1.51. The van der Waals surface area contributed by atoms with Crippen LogP contribution < -0.4 is 9.38 Å². The smallest absolute Gasteiger partial charge is 0.132 e. The first-order chi connectivity index (χ1) is 7.16. The maximum atomic E-state index is 2.27. The summed E-state index contributed by atoms with van der Waals surface area (Å²) in [6, 6.07) is 8.81.